The van der Waals surface area contributed by atoms with Crippen molar-refractivity contribution in [3.05, 3.63) is 29.8 Å². The van der Waals surface area contributed by atoms with Crippen molar-refractivity contribution in [2.24, 2.45) is 5.84 Å². The van der Waals surface area contributed by atoms with Gasteiger partial charge in [-0.15, -0.1) is 0 Å². The lowest BCUT2D eigenvalue weighted by atomic mass is 10.1. The van der Waals surface area contributed by atoms with Crippen LogP contribution in [0.4, 0.5) is 5.82 Å². The van der Waals surface area contributed by atoms with E-state index >= 15 is 0 Å². The summed E-state index contributed by atoms with van der Waals surface area (Å²) in [5.74, 6) is 7.11. The average Bonchev–Trinajstić information content (AvgIpc) is 2.46. The molecule has 0 spiro atoms. The van der Waals surface area contributed by atoms with Gasteiger partial charge < -0.3 is 15.1 Å². The lowest BCUT2D eigenvalue weighted by molar-refractivity contribution is 0.328. The highest BCUT2D eigenvalue weighted by Crippen LogP contribution is 2.24. The van der Waals surface area contributed by atoms with Crippen molar-refractivity contribution in [3.63, 3.8) is 0 Å². The van der Waals surface area contributed by atoms with Crippen molar-refractivity contribution in [3.8, 4) is 5.75 Å². The highest BCUT2D eigenvalue weighted by Gasteiger charge is 2.09. The lowest BCUT2D eigenvalue weighted by Crippen LogP contribution is -2.21. The van der Waals surface area contributed by atoms with Crippen LogP contribution in [-0.4, -0.2) is 30.6 Å². The molecule has 0 aliphatic heterocycles. The summed E-state index contributed by atoms with van der Waals surface area (Å²) in [5.41, 5.74) is 4.67. The van der Waals surface area contributed by atoms with Gasteiger partial charge >= 0.3 is 0 Å². The standard InChI is InChI=1S/C15H22N4O/c1-4-7-19(2)10-12-8-11-5-6-13(20-3)9-14(11)17-15(12)18-16/h5-6,8-9H,4,7,10,16H2,1-3H3,(H,17,18). The lowest BCUT2D eigenvalue weighted by Gasteiger charge is -2.18. The molecular formula is C15H22N4O. The molecule has 0 fully saturated rings. The van der Waals surface area contributed by atoms with Crippen molar-refractivity contribution in [1.29, 1.82) is 0 Å². The van der Waals surface area contributed by atoms with E-state index in [0.29, 0.717) is 5.82 Å². The number of ether oxygens (including phenoxy) is 1. The van der Waals surface area contributed by atoms with Gasteiger partial charge in [-0.05, 0) is 38.2 Å². The molecule has 0 saturated heterocycles. The molecule has 1 aromatic heterocycles. The number of hydrazine groups is 1. The Bertz CT molecular complexity index is 585. The van der Waals surface area contributed by atoms with Gasteiger partial charge in [-0.25, -0.2) is 10.8 Å². The van der Waals surface area contributed by atoms with Gasteiger partial charge in [0.1, 0.15) is 11.6 Å². The fourth-order valence-corrected chi connectivity index (χ4v) is 2.31. The average molecular weight is 274 g/mol. The Morgan fingerprint density at radius 1 is 1.35 bits per heavy atom. The number of hydrogen-bond acceptors (Lipinski definition) is 5. The Morgan fingerprint density at radius 2 is 2.15 bits per heavy atom. The second kappa shape index (κ2) is 6.54. The quantitative estimate of drug-likeness (QED) is 0.625. The first-order valence-corrected chi connectivity index (χ1v) is 6.80. The highest BCUT2D eigenvalue weighted by atomic mass is 16.5. The molecule has 5 nitrogen and oxygen atoms in total. The topological polar surface area (TPSA) is 63.4 Å². The second-order valence-electron chi connectivity index (χ2n) is 4.94. The first-order valence-electron chi connectivity index (χ1n) is 6.80. The number of fused-ring (bicyclic) bond motifs is 1. The number of nitrogens with zero attached hydrogens (tertiary/aromatic N) is 2. The zero-order chi connectivity index (χ0) is 14.5. The van der Waals surface area contributed by atoms with E-state index in [9.17, 15) is 0 Å². The highest BCUT2D eigenvalue weighted by molar-refractivity contribution is 5.83. The van der Waals surface area contributed by atoms with Crippen LogP contribution >= 0.6 is 0 Å². The minimum absolute atomic E-state index is 0.716. The number of methoxy groups -OCH3 is 1. The molecule has 0 saturated carbocycles. The van der Waals surface area contributed by atoms with Crippen LogP contribution in [0.5, 0.6) is 5.75 Å². The van der Waals surface area contributed by atoms with E-state index in [1.807, 2.05) is 18.2 Å². The summed E-state index contributed by atoms with van der Waals surface area (Å²) in [5, 5.41) is 1.09. The number of aromatic nitrogens is 1. The van der Waals surface area contributed by atoms with E-state index in [1.54, 1.807) is 7.11 Å². The molecule has 0 radical (unpaired) electrons. The molecule has 20 heavy (non-hydrogen) atoms. The molecule has 0 aliphatic rings. The van der Waals surface area contributed by atoms with E-state index in [2.05, 4.69) is 35.3 Å². The van der Waals surface area contributed by atoms with Gasteiger partial charge in [-0.2, -0.15) is 0 Å². The molecule has 1 heterocycles. The smallest absolute Gasteiger partial charge is 0.145 e. The van der Waals surface area contributed by atoms with Crippen LogP contribution in [0.1, 0.15) is 18.9 Å². The maximum atomic E-state index is 5.60. The molecule has 0 atom stereocenters. The van der Waals surface area contributed by atoms with Crippen LogP contribution in [0.2, 0.25) is 0 Å². The Kier molecular flexibility index (Phi) is 4.76. The van der Waals surface area contributed by atoms with Crippen molar-refractivity contribution in [2.75, 3.05) is 26.1 Å². The summed E-state index contributed by atoms with van der Waals surface area (Å²) in [4.78, 5) is 6.83. The molecule has 2 aromatic rings. The minimum atomic E-state index is 0.716. The predicted molar refractivity (Wildman–Crippen MR) is 82.7 cm³/mol. The summed E-state index contributed by atoms with van der Waals surface area (Å²) >= 11 is 0. The van der Waals surface area contributed by atoms with Gasteiger partial charge in [-0.3, -0.25) is 0 Å². The molecule has 0 amide bonds. The van der Waals surface area contributed by atoms with Crippen molar-refractivity contribution in [2.45, 2.75) is 19.9 Å². The number of hydrogen-bond donors (Lipinski definition) is 2. The van der Waals surface area contributed by atoms with Crippen molar-refractivity contribution >= 4 is 16.7 Å². The fraction of sp³-hybridized carbons (Fsp3) is 0.400. The summed E-state index contributed by atoms with van der Waals surface area (Å²) in [7, 11) is 3.75. The molecule has 2 rings (SSSR count). The first-order chi connectivity index (χ1) is 9.67. The molecule has 108 valence electrons. The maximum Gasteiger partial charge on any atom is 0.145 e. The Morgan fingerprint density at radius 3 is 2.80 bits per heavy atom. The third-order valence-electron chi connectivity index (χ3n) is 3.29. The van der Waals surface area contributed by atoms with Crippen LogP contribution in [0.3, 0.4) is 0 Å². The number of pyridine rings is 1. The summed E-state index contributed by atoms with van der Waals surface area (Å²) < 4.78 is 5.22. The van der Waals surface area contributed by atoms with Gasteiger partial charge in [0, 0.05) is 23.6 Å². The Labute approximate surface area is 119 Å². The summed E-state index contributed by atoms with van der Waals surface area (Å²) in [6.45, 7) is 4.04. The molecule has 0 aliphatic carbocycles. The van der Waals surface area contributed by atoms with E-state index in [-0.39, 0.29) is 0 Å². The summed E-state index contributed by atoms with van der Waals surface area (Å²) in [6, 6.07) is 8.00. The fourth-order valence-electron chi connectivity index (χ4n) is 2.31. The predicted octanol–water partition coefficient (Wildman–Crippen LogP) is 2.37. The third-order valence-corrected chi connectivity index (χ3v) is 3.29. The van der Waals surface area contributed by atoms with Gasteiger partial charge in [-0.1, -0.05) is 6.92 Å². The molecule has 0 unspecified atom stereocenters. The Hall–Kier alpha value is -1.85. The largest absolute Gasteiger partial charge is 0.497 e. The first kappa shape index (κ1) is 14.6. The Balaban J connectivity index is 2.39. The van der Waals surface area contributed by atoms with Crippen LogP contribution in [0, 0.1) is 0 Å². The normalized spacial score (nSPS) is 11.1. The van der Waals surface area contributed by atoms with E-state index in [4.69, 9.17) is 10.6 Å². The number of nitrogen functional groups attached to an aromatic ring is 1. The van der Waals surface area contributed by atoms with Crippen LogP contribution in [-0.2, 0) is 6.54 Å². The molecule has 1 aromatic carbocycles. The van der Waals surface area contributed by atoms with E-state index < -0.39 is 0 Å². The SMILES string of the molecule is CCCN(C)Cc1cc2ccc(OC)cc2nc1NN. The van der Waals surface area contributed by atoms with E-state index in [0.717, 1.165) is 41.7 Å². The minimum Gasteiger partial charge on any atom is -0.497 e. The molecule has 3 N–H and O–H groups in total. The van der Waals surface area contributed by atoms with Gasteiger partial charge in [0.25, 0.3) is 0 Å². The zero-order valence-electron chi connectivity index (χ0n) is 12.3. The van der Waals surface area contributed by atoms with Gasteiger partial charge in [0.05, 0.1) is 12.6 Å². The number of nitrogens with one attached hydrogen (secondary N) is 1. The summed E-state index contributed by atoms with van der Waals surface area (Å²) in [6.07, 6.45) is 1.13. The van der Waals surface area contributed by atoms with Gasteiger partial charge in [0.2, 0.25) is 0 Å². The zero-order valence-corrected chi connectivity index (χ0v) is 12.3. The molecule has 5 heteroatoms. The molecule has 0 bridgehead atoms. The van der Waals surface area contributed by atoms with Crippen molar-refractivity contribution in [1.82, 2.24) is 9.88 Å². The second-order valence-corrected chi connectivity index (χ2v) is 4.94. The van der Waals surface area contributed by atoms with E-state index in [1.165, 1.54) is 0 Å². The maximum absolute atomic E-state index is 5.60. The number of rotatable bonds is 6. The number of nitrogens with two attached hydrogens (primary N) is 1. The monoisotopic (exact) mass is 274 g/mol. The van der Waals surface area contributed by atoms with Crippen LogP contribution < -0.4 is 16.0 Å². The molecular weight excluding hydrogens is 252 g/mol. The van der Waals surface area contributed by atoms with Crippen LogP contribution in [0.25, 0.3) is 10.9 Å². The van der Waals surface area contributed by atoms with Crippen molar-refractivity contribution < 1.29 is 4.74 Å². The number of anilines is 1. The third kappa shape index (κ3) is 3.18. The number of benzene rings is 1. The van der Waals surface area contributed by atoms with Gasteiger partial charge in [0.15, 0.2) is 0 Å². The van der Waals surface area contributed by atoms with Crippen LogP contribution in [0.15, 0.2) is 24.3 Å².